The normalized spacial score (nSPS) is 11.1. The highest BCUT2D eigenvalue weighted by Crippen LogP contribution is 2.24. The minimum Gasteiger partial charge on any atom is -0.477 e. The Morgan fingerprint density at radius 1 is 1.20 bits per heavy atom. The van der Waals surface area contributed by atoms with E-state index in [0.29, 0.717) is 11.8 Å². The van der Waals surface area contributed by atoms with E-state index in [1.54, 1.807) is 0 Å². The molecule has 2 heteroatoms. The van der Waals surface area contributed by atoms with Crippen LogP contribution in [-0.4, -0.2) is 11.6 Å². The number of hydrogen-bond donors (Lipinski definition) is 0. The standard InChI is InChI=1S/C13H21NO/c1-9(2)8-15-13-12(10(3)4)7-6-11(5)14-13/h6-7,9-10H,8H2,1-5H3. The van der Waals surface area contributed by atoms with Crippen LogP contribution in [0.2, 0.25) is 0 Å². The van der Waals surface area contributed by atoms with Crippen molar-refractivity contribution in [2.45, 2.75) is 40.5 Å². The van der Waals surface area contributed by atoms with Crippen molar-refractivity contribution in [1.82, 2.24) is 4.98 Å². The molecular weight excluding hydrogens is 186 g/mol. The van der Waals surface area contributed by atoms with E-state index < -0.39 is 0 Å². The van der Waals surface area contributed by atoms with Crippen molar-refractivity contribution in [2.24, 2.45) is 5.92 Å². The monoisotopic (exact) mass is 207 g/mol. The van der Waals surface area contributed by atoms with Gasteiger partial charge < -0.3 is 4.74 Å². The fourth-order valence-corrected chi connectivity index (χ4v) is 1.34. The van der Waals surface area contributed by atoms with Gasteiger partial charge in [-0.25, -0.2) is 4.98 Å². The highest BCUT2D eigenvalue weighted by atomic mass is 16.5. The van der Waals surface area contributed by atoms with E-state index in [1.807, 2.05) is 13.0 Å². The van der Waals surface area contributed by atoms with Crippen molar-refractivity contribution >= 4 is 0 Å². The number of hydrogen-bond acceptors (Lipinski definition) is 2. The second kappa shape index (κ2) is 5.15. The van der Waals surface area contributed by atoms with E-state index in [1.165, 1.54) is 5.56 Å². The molecule has 0 fully saturated rings. The van der Waals surface area contributed by atoms with Gasteiger partial charge >= 0.3 is 0 Å². The lowest BCUT2D eigenvalue weighted by molar-refractivity contribution is 0.257. The zero-order chi connectivity index (χ0) is 11.4. The summed E-state index contributed by atoms with van der Waals surface area (Å²) in [6, 6.07) is 4.15. The molecule has 2 nitrogen and oxygen atoms in total. The molecule has 84 valence electrons. The summed E-state index contributed by atoms with van der Waals surface area (Å²) in [5.41, 5.74) is 2.21. The first-order valence-electron chi connectivity index (χ1n) is 5.61. The third-order valence-electron chi connectivity index (χ3n) is 2.20. The lowest BCUT2D eigenvalue weighted by atomic mass is 10.0. The first kappa shape index (κ1) is 12.0. The van der Waals surface area contributed by atoms with Crippen molar-refractivity contribution in [3.8, 4) is 5.88 Å². The lowest BCUT2D eigenvalue weighted by Gasteiger charge is -2.14. The van der Waals surface area contributed by atoms with Crippen LogP contribution >= 0.6 is 0 Å². The van der Waals surface area contributed by atoms with Crippen molar-refractivity contribution in [3.05, 3.63) is 23.4 Å². The lowest BCUT2D eigenvalue weighted by Crippen LogP contribution is -2.08. The maximum Gasteiger partial charge on any atom is 0.217 e. The van der Waals surface area contributed by atoms with Crippen LogP contribution in [0.15, 0.2) is 12.1 Å². The summed E-state index contributed by atoms with van der Waals surface area (Å²) in [7, 11) is 0. The Kier molecular flexibility index (Phi) is 4.13. The molecule has 0 saturated heterocycles. The van der Waals surface area contributed by atoms with Crippen LogP contribution in [0.25, 0.3) is 0 Å². The van der Waals surface area contributed by atoms with Crippen LogP contribution in [0.5, 0.6) is 5.88 Å². The minimum atomic E-state index is 0.459. The molecule has 1 aromatic heterocycles. The smallest absolute Gasteiger partial charge is 0.217 e. The molecule has 0 saturated carbocycles. The summed E-state index contributed by atoms with van der Waals surface area (Å²) in [6.45, 7) is 11.3. The number of nitrogens with zero attached hydrogens (tertiary/aromatic N) is 1. The average molecular weight is 207 g/mol. The van der Waals surface area contributed by atoms with Crippen molar-refractivity contribution < 1.29 is 4.74 Å². The Balaban J connectivity index is 2.87. The molecule has 0 aliphatic carbocycles. The fraction of sp³-hybridized carbons (Fsp3) is 0.615. The molecule has 0 radical (unpaired) electrons. The molecule has 0 aliphatic rings. The van der Waals surface area contributed by atoms with Gasteiger partial charge in [-0.05, 0) is 24.8 Å². The zero-order valence-electron chi connectivity index (χ0n) is 10.4. The molecule has 1 rings (SSSR count). The maximum absolute atomic E-state index is 5.73. The Morgan fingerprint density at radius 3 is 2.40 bits per heavy atom. The van der Waals surface area contributed by atoms with E-state index in [-0.39, 0.29) is 0 Å². The van der Waals surface area contributed by atoms with Gasteiger partial charge in [0.15, 0.2) is 0 Å². The number of aromatic nitrogens is 1. The fourth-order valence-electron chi connectivity index (χ4n) is 1.34. The first-order chi connectivity index (χ1) is 7.00. The number of rotatable bonds is 4. The highest BCUT2D eigenvalue weighted by Gasteiger charge is 2.10. The van der Waals surface area contributed by atoms with Crippen molar-refractivity contribution in [3.63, 3.8) is 0 Å². The van der Waals surface area contributed by atoms with Gasteiger partial charge in [-0.1, -0.05) is 33.8 Å². The molecule has 0 spiro atoms. The summed E-state index contributed by atoms with van der Waals surface area (Å²) < 4.78 is 5.73. The predicted molar refractivity (Wildman–Crippen MR) is 63.4 cm³/mol. The Morgan fingerprint density at radius 2 is 1.87 bits per heavy atom. The van der Waals surface area contributed by atoms with Gasteiger partial charge in [0, 0.05) is 11.3 Å². The topological polar surface area (TPSA) is 22.1 Å². The zero-order valence-corrected chi connectivity index (χ0v) is 10.4. The third-order valence-corrected chi connectivity index (χ3v) is 2.20. The number of aryl methyl sites for hydroxylation is 1. The average Bonchev–Trinajstić information content (AvgIpc) is 2.14. The Labute approximate surface area is 92.7 Å². The van der Waals surface area contributed by atoms with Crippen LogP contribution in [0.3, 0.4) is 0 Å². The Hall–Kier alpha value is -1.05. The predicted octanol–water partition coefficient (Wildman–Crippen LogP) is 3.55. The van der Waals surface area contributed by atoms with E-state index in [2.05, 4.69) is 38.7 Å². The van der Waals surface area contributed by atoms with E-state index >= 15 is 0 Å². The van der Waals surface area contributed by atoms with E-state index in [0.717, 1.165) is 18.2 Å². The van der Waals surface area contributed by atoms with E-state index in [4.69, 9.17) is 4.74 Å². The molecular formula is C13H21NO. The van der Waals surface area contributed by atoms with Gasteiger partial charge in [0.1, 0.15) is 0 Å². The van der Waals surface area contributed by atoms with Crippen molar-refractivity contribution in [1.29, 1.82) is 0 Å². The van der Waals surface area contributed by atoms with Crippen LogP contribution in [-0.2, 0) is 0 Å². The van der Waals surface area contributed by atoms with Crippen LogP contribution in [0.4, 0.5) is 0 Å². The minimum absolute atomic E-state index is 0.459. The second-order valence-electron chi connectivity index (χ2n) is 4.71. The molecule has 0 atom stereocenters. The SMILES string of the molecule is Cc1ccc(C(C)C)c(OCC(C)C)n1. The molecule has 1 aromatic rings. The highest BCUT2D eigenvalue weighted by molar-refractivity contribution is 5.30. The molecule has 0 bridgehead atoms. The summed E-state index contributed by atoms with van der Waals surface area (Å²) in [6.07, 6.45) is 0. The van der Waals surface area contributed by atoms with Crippen LogP contribution < -0.4 is 4.74 Å². The second-order valence-corrected chi connectivity index (χ2v) is 4.71. The quantitative estimate of drug-likeness (QED) is 0.753. The van der Waals surface area contributed by atoms with Gasteiger partial charge in [0.05, 0.1) is 6.61 Å². The molecule has 1 heterocycles. The molecule has 0 unspecified atom stereocenters. The molecule has 0 aliphatic heterocycles. The summed E-state index contributed by atoms with van der Waals surface area (Å²) in [5, 5.41) is 0. The molecule has 0 N–H and O–H groups in total. The van der Waals surface area contributed by atoms with Gasteiger partial charge in [0.25, 0.3) is 0 Å². The van der Waals surface area contributed by atoms with Gasteiger partial charge in [0.2, 0.25) is 5.88 Å². The van der Waals surface area contributed by atoms with Crippen LogP contribution in [0, 0.1) is 12.8 Å². The van der Waals surface area contributed by atoms with Crippen molar-refractivity contribution in [2.75, 3.05) is 6.61 Å². The maximum atomic E-state index is 5.73. The largest absolute Gasteiger partial charge is 0.477 e. The third kappa shape index (κ3) is 3.54. The van der Waals surface area contributed by atoms with E-state index in [9.17, 15) is 0 Å². The number of ether oxygens (including phenoxy) is 1. The van der Waals surface area contributed by atoms with Gasteiger partial charge in [-0.3, -0.25) is 0 Å². The summed E-state index contributed by atoms with van der Waals surface area (Å²) in [5.74, 6) is 1.80. The van der Waals surface area contributed by atoms with Gasteiger partial charge in [-0.2, -0.15) is 0 Å². The molecule has 0 amide bonds. The molecule has 0 aromatic carbocycles. The molecule has 15 heavy (non-hydrogen) atoms. The van der Waals surface area contributed by atoms with Crippen LogP contribution in [0.1, 0.15) is 44.9 Å². The summed E-state index contributed by atoms with van der Waals surface area (Å²) in [4.78, 5) is 4.44. The Bertz CT molecular complexity index is 318. The number of pyridine rings is 1. The van der Waals surface area contributed by atoms with Gasteiger partial charge in [-0.15, -0.1) is 0 Å². The first-order valence-corrected chi connectivity index (χ1v) is 5.61. The summed E-state index contributed by atoms with van der Waals surface area (Å²) >= 11 is 0.